The molecule has 0 aliphatic carbocycles. The van der Waals surface area contributed by atoms with Crippen LogP contribution in [0.5, 0.6) is 0 Å². The lowest BCUT2D eigenvalue weighted by Gasteiger charge is -2.09. The molecule has 3 aromatic rings. The number of nitro benzene ring substituents is 1. The van der Waals surface area contributed by atoms with Crippen molar-refractivity contribution < 1.29 is 4.92 Å². The van der Waals surface area contributed by atoms with E-state index >= 15 is 0 Å². The van der Waals surface area contributed by atoms with E-state index in [1.165, 1.54) is 28.5 Å². The van der Waals surface area contributed by atoms with Crippen molar-refractivity contribution in [3.63, 3.8) is 0 Å². The molecule has 0 unspecified atom stereocenters. The summed E-state index contributed by atoms with van der Waals surface area (Å²) >= 11 is 1.32. The molecule has 3 rings (SSSR count). The molecular formula is C16H13N3O3S. The summed E-state index contributed by atoms with van der Waals surface area (Å²) in [5.74, 6) is 0.513. The van der Waals surface area contributed by atoms with Gasteiger partial charge >= 0.3 is 0 Å². The molecule has 0 aliphatic heterocycles. The second kappa shape index (κ2) is 5.85. The van der Waals surface area contributed by atoms with Crippen molar-refractivity contribution in [3.8, 4) is 0 Å². The first kappa shape index (κ1) is 15.2. The smallest absolute Gasteiger partial charge is 0.272 e. The van der Waals surface area contributed by atoms with Crippen molar-refractivity contribution >= 4 is 28.4 Å². The number of nitro groups is 1. The van der Waals surface area contributed by atoms with E-state index in [1.54, 1.807) is 14.0 Å². The van der Waals surface area contributed by atoms with Crippen molar-refractivity contribution in [1.29, 1.82) is 0 Å². The summed E-state index contributed by atoms with van der Waals surface area (Å²) < 4.78 is 1.45. The summed E-state index contributed by atoms with van der Waals surface area (Å²) in [6.07, 6.45) is 0. The number of nitrogens with zero attached hydrogens (tertiary/aromatic N) is 3. The Labute approximate surface area is 135 Å². The van der Waals surface area contributed by atoms with Crippen molar-refractivity contribution in [2.24, 2.45) is 7.05 Å². The van der Waals surface area contributed by atoms with Crippen LogP contribution >= 0.6 is 11.8 Å². The highest BCUT2D eigenvalue weighted by molar-refractivity contribution is 7.99. The second-order valence-corrected chi connectivity index (χ2v) is 6.15. The van der Waals surface area contributed by atoms with Crippen molar-refractivity contribution in [2.45, 2.75) is 16.7 Å². The van der Waals surface area contributed by atoms with Gasteiger partial charge in [0.05, 0.1) is 15.8 Å². The van der Waals surface area contributed by atoms with Crippen LogP contribution < -0.4 is 5.56 Å². The van der Waals surface area contributed by atoms with Gasteiger partial charge in [0, 0.05) is 29.0 Å². The van der Waals surface area contributed by atoms with Crippen LogP contribution in [0.2, 0.25) is 0 Å². The molecule has 0 saturated heterocycles. The molecule has 0 atom stereocenters. The lowest BCUT2D eigenvalue weighted by atomic mass is 10.2. The van der Waals surface area contributed by atoms with Crippen LogP contribution in [-0.4, -0.2) is 14.5 Å². The predicted molar refractivity (Wildman–Crippen MR) is 88.9 cm³/mol. The summed E-state index contributed by atoms with van der Waals surface area (Å²) in [7, 11) is 1.64. The minimum absolute atomic E-state index is 0.0731. The lowest BCUT2D eigenvalue weighted by Crippen LogP contribution is -2.21. The average molecular weight is 327 g/mol. The lowest BCUT2D eigenvalue weighted by molar-refractivity contribution is -0.384. The second-order valence-electron chi connectivity index (χ2n) is 5.03. The topological polar surface area (TPSA) is 78.0 Å². The zero-order valence-corrected chi connectivity index (χ0v) is 13.3. The molecule has 0 N–H and O–H groups in total. The van der Waals surface area contributed by atoms with E-state index in [4.69, 9.17) is 0 Å². The van der Waals surface area contributed by atoms with Gasteiger partial charge in [-0.05, 0) is 19.1 Å². The number of non-ortho nitro benzene ring substituents is 1. The van der Waals surface area contributed by atoms with Gasteiger partial charge in [-0.25, -0.2) is 4.98 Å². The van der Waals surface area contributed by atoms with E-state index in [-0.39, 0.29) is 11.2 Å². The van der Waals surface area contributed by atoms with Crippen LogP contribution in [0, 0.1) is 17.0 Å². The molecule has 0 amide bonds. The standard InChI is InChI=1S/C16H13N3O3S/c1-10-17-13-8-11(19(21)22)9-14(15(13)16(20)18(10)2)23-12-6-4-3-5-7-12/h3-9H,1-2H3. The number of rotatable bonds is 3. The summed E-state index contributed by atoms with van der Waals surface area (Å²) in [6, 6.07) is 12.2. The van der Waals surface area contributed by atoms with Gasteiger partial charge in [0.2, 0.25) is 0 Å². The molecule has 0 radical (unpaired) electrons. The van der Waals surface area contributed by atoms with E-state index in [9.17, 15) is 14.9 Å². The zero-order valence-electron chi connectivity index (χ0n) is 12.5. The maximum absolute atomic E-state index is 12.6. The molecule has 1 heterocycles. The molecule has 6 nitrogen and oxygen atoms in total. The Morgan fingerprint density at radius 2 is 1.91 bits per heavy atom. The predicted octanol–water partition coefficient (Wildman–Crippen LogP) is 3.30. The first-order valence-corrected chi connectivity index (χ1v) is 7.67. The number of hydrogen-bond donors (Lipinski definition) is 0. The van der Waals surface area contributed by atoms with Crippen LogP contribution in [0.15, 0.2) is 57.1 Å². The number of hydrogen-bond acceptors (Lipinski definition) is 5. The van der Waals surface area contributed by atoms with E-state index in [0.717, 1.165) is 4.90 Å². The van der Waals surface area contributed by atoms with E-state index in [1.807, 2.05) is 30.3 Å². The molecule has 2 aromatic carbocycles. The number of aryl methyl sites for hydroxylation is 1. The third kappa shape index (κ3) is 2.83. The van der Waals surface area contributed by atoms with Gasteiger partial charge < -0.3 is 0 Å². The molecule has 0 bridgehead atoms. The van der Waals surface area contributed by atoms with Gasteiger partial charge in [-0.2, -0.15) is 0 Å². The van der Waals surface area contributed by atoms with Gasteiger partial charge in [0.1, 0.15) is 5.82 Å². The van der Waals surface area contributed by atoms with Crippen LogP contribution in [0.1, 0.15) is 5.82 Å². The minimum atomic E-state index is -0.469. The molecule has 0 fully saturated rings. The molecule has 116 valence electrons. The van der Waals surface area contributed by atoms with Gasteiger partial charge in [-0.15, -0.1) is 0 Å². The fraction of sp³-hybridized carbons (Fsp3) is 0.125. The van der Waals surface area contributed by atoms with Gasteiger partial charge in [0.15, 0.2) is 0 Å². The summed E-state index contributed by atoms with van der Waals surface area (Å²) in [5.41, 5.74) is 0.0649. The molecule has 0 saturated carbocycles. The molecule has 0 spiro atoms. The molecule has 1 aromatic heterocycles. The molecule has 0 aliphatic rings. The third-order valence-electron chi connectivity index (χ3n) is 3.53. The van der Waals surface area contributed by atoms with Crippen molar-refractivity contribution in [2.75, 3.05) is 0 Å². The normalized spacial score (nSPS) is 10.9. The fourth-order valence-corrected chi connectivity index (χ4v) is 3.28. The van der Waals surface area contributed by atoms with Crippen molar-refractivity contribution in [3.05, 3.63) is 68.8 Å². The molecular weight excluding hydrogens is 314 g/mol. The van der Waals surface area contributed by atoms with Gasteiger partial charge in [0.25, 0.3) is 11.2 Å². The Bertz CT molecular complexity index is 968. The highest BCUT2D eigenvalue weighted by Crippen LogP contribution is 2.34. The van der Waals surface area contributed by atoms with Crippen LogP contribution in [0.3, 0.4) is 0 Å². The highest BCUT2D eigenvalue weighted by atomic mass is 32.2. The Kier molecular flexibility index (Phi) is 3.87. The first-order chi connectivity index (χ1) is 11.0. The van der Waals surface area contributed by atoms with Gasteiger partial charge in [-0.3, -0.25) is 19.5 Å². The minimum Gasteiger partial charge on any atom is -0.299 e. The Morgan fingerprint density at radius 3 is 2.57 bits per heavy atom. The largest absolute Gasteiger partial charge is 0.299 e. The fourth-order valence-electron chi connectivity index (χ4n) is 2.26. The third-order valence-corrected chi connectivity index (χ3v) is 4.58. The Balaban J connectivity index is 2.31. The van der Waals surface area contributed by atoms with Crippen molar-refractivity contribution in [1.82, 2.24) is 9.55 Å². The maximum Gasteiger partial charge on any atom is 0.272 e. The first-order valence-electron chi connectivity index (χ1n) is 6.86. The summed E-state index contributed by atoms with van der Waals surface area (Å²) in [6.45, 7) is 1.70. The Morgan fingerprint density at radius 1 is 1.22 bits per heavy atom. The quantitative estimate of drug-likeness (QED) is 0.545. The monoisotopic (exact) mass is 327 g/mol. The van der Waals surface area contributed by atoms with E-state index in [0.29, 0.717) is 21.6 Å². The Hall–Kier alpha value is -2.67. The van der Waals surface area contributed by atoms with Gasteiger partial charge in [-0.1, -0.05) is 30.0 Å². The maximum atomic E-state index is 12.6. The molecule has 7 heteroatoms. The summed E-state index contributed by atoms with van der Waals surface area (Å²) in [4.78, 5) is 29.0. The average Bonchev–Trinajstić information content (AvgIpc) is 2.53. The van der Waals surface area contributed by atoms with Crippen LogP contribution in [-0.2, 0) is 7.05 Å². The number of fused-ring (bicyclic) bond motifs is 1. The van der Waals surface area contributed by atoms with Crippen LogP contribution in [0.25, 0.3) is 10.9 Å². The summed E-state index contributed by atoms with van der Waals surface area (Å²) in [5, 5.41) is 11.6. The number of benzene rings is 2. The van der Waals surface area contributed by atoms with Crippen LogP contribution in [0.4, 0.5) is 5.69 Å². The van der Waals surface area contributed by atoms with E-state index < -0.39 is 4.92 Å². The SMILES string of the molecule is Cc1nc2cc([N+](=O)[O-])cc(Sc3ccccc3)c2c(=O)n1C. The highest BCUT2D eigenvalue weighted by Gasteiger charge is 2.17. The zero-order chi connectivity index (χ0) is 16.6. The number of aromatic nitrogens is 2. The van der Waals surface area contributed by atoms with E-state index in [2.05, 4.69) is 4.98 Å². The molecule has 23 heavy (non-hydrogen) atoms.